The predicted octanol–water partition coefficient (Wildman–Crippen LogP) is 12.4. The van der Waals surface area contributed by atoms with Gasteiger partial charge in [-0.25, -0.2) is 15.0 Å². The van der Waals surface area contributed by atoms with Gasteiger partial charge in [-0.1, -0.05) is 109 Å². The maximum Gasteiger partial charge on any atom is 0.164 e. The first kappa shape index (κ1) is 31.5. The van der Waals surface area contributed by atoms with Crippen LogP contribution in [0.25, 0.3) is 111 Å². The van der Waals surface area contributed by atoms with Gasteiger partial charge >= 0.3 is 0 Å². The molecule has 0 radical (unpaired) electrons. The molecule has 0 atom stereocenters. The van der Waals surface area contributed by atoms with Crippen molar-refractivity contribution in [2.45, 2.75) is 0 Å². The SMILES string of the molecule is c1ccc(-c2nc(-c3cccc(-n4c5ccccc5c5cc6c(cc54)c4cnccc4n6-c4ccccc4)c3)nc(-c3cccc4oc5ccccc5c34)n2)cc1. The van der Waals surface area contributed by atoms with Crippen LogP contribution in [0.5, 0.6) is 0 Å². The molecule has 0 amide bonds. The lowest BCUT2D eigenvalue weighted by atomic mass is 10.1. The molecule has 12 rings (SSSR count). The molecule has 12 aromatic rings. The maximum absolute atomic E-state index is 6.27. The van der Waals surface area contributed by atoms with E-state index in [1.165, 1.54) is 10.8 Å². The van der Waals surface area contributed by atoms with Crippen molar-refractivity contribution >= 4 is 65.6 Å². The molecule has 0 unspecified atom stereocenters. The molecule has 7 nitrogen and oxygen atoms in total. The van der Waals surface area contributed by atoms with E-state index in [0.29, 0.717) is 17.5 Å². The predicted molar refractivity (Wildman–Crippen MR) is 230 cm³/mol. The van der Waals surface area contributed by atoms with Crippen LogP contribution in [0, 0.1) is 0 Å². The maximum atomic E-state index is 6.27. The second kappa shape index (κ2) is 12.3. The number of furan rings is 1. The fraction of sp³-hybridized carbons (Fsp3) is 0. The Balaban J connectivity index is 1.09. The van der Waals surface area contributed by atoms with Crippen molar-refractivity contribution in [3.05, 3.63) is 182 Å². The van der Waals surface area contributed by atoms with Gasteiger partial charge in [0.05, 0.1) is 22.1 Å². The smallest absolute Gasteiger partial charge is 0.164 e. The molecule has 0 N–H and O–H groups in total. The van der Waals surface area contributed by atoms with Crippen LogP contribution in [0.3, 0.4) is 0 Å². The molecular weight excluding hydrogens is 701 g/mol. The first-order chi connectivity index (χ1) is 28.3. The molecule has 5 heterocycles. The topological polar surface area (TPSA) is 74.6 Å². The number of pyridine rings is 1. The highest BCUT2D eigenvalue weighted by Crippen LogP contribution is 2.40. The van der Waals surface area contributed by atoms with Gasteiger partial charge in [-0.05, 0) is 60.7 Å². The summed E-state index contributed by atoms with van der Waals surface area (Å²) < 4.78 is 11.0. The Bertz CT molecular complexity index is 3530. The molecule has 0 saturated carbocycles. The zero-order valence-electron chi connectivity index (χ0n) is 30.4. The summed E-state index contributed by atoms with van der Waals surface area (Å²) in [5.74, 6) is 1.78. The molecule has 0 spiro atoms. The Morgan fingerprint density at radius 1 is 0.386 bits per heavy atom. The number of rotatable bonds is 5. The minimum Gasteiger partial charge on any atom is -0.456 e. The Labute approximate surface area is 325 Å². The molecule has 0 aliphatic heterocycles. The fourth-order valence-electron chi connectivity index (χ4n) is 8.54. The summed E-state index contributed by atoms with van der Waals surface area (Å²) >= 11 is 0. The van der Waals surface area contributed by atoms with Crippen LogP contribution in [0.15, 0.2) is 187 Å². The molecule has 7 heteroatoms. The monoisotopic (exact) mass is 730 g/mol. The van der Waals surface area contributed by atoms with Gasteiger partial charge in [0.2, 0.25) is 0 Å². The van der Waals surface area contributed by atoms with E-state index in [0.717, 1.165) is 82.8 Å². The second-order valence-corrected chi connectivity index (χ2v) is 14.3. The number of aromatic nitrogens is 6. The minimum absolute atomic E-state index is 0.587. The molecule has 266 valence electrons. The zero-order chi connectivity index (χ0) is 37.5. The van der Waals surface area contributed by atoms with Gasteiger partial charge in [0.15, 0.2) is 17.5 Å². The average Bonchev–Trinajstić information content (AvgIpc) is 3.93. The average molecular weight is 731 g/mol. The van der Waals surface area contributed by atoms with Crippen molar-refractivity contribution in [1.82, 2.24) is 29.1 Å². The quantitative estimate of drug-likeness (QED) is 0.176. The fourth-order valence-corrected chi connectivity index (χ4v) is 8.54. The summed E-state index contributed by atoms with van der Waals surface area (Å²) in [4.78, 5) is 20.0. The van der Waals surface area contributed by atoms with Crippen molar-refractivity contribution in [3.8, 4) is 45.5 Å². The van der Waals surface area contributed by atoms with E-state index < -0.39 is 0 Å². The Kier molecular flexibility index (Phi) is 6.79. The van der Waals surface area contributed by atoms with Crippen LogP contribution in [-0.2, 0) is 0 Å². The van der Waals surface area contributed by atoms with Crippen molar-refractivity contribution < 1.29 is 4.42 Å². The van der Waals surface area contributed by atoms with Crippen LogP contribution in [0.4, 0.5) is 0 Å². The molecule has 0 aliphatic carbocycles. The molecule has 0 saturated heterocycles. The highest BCUT2D eigenvalue weighted by atomic mass is 16.3. The Morgan fingerprint density at radius 3 is 1.82 bits per heavy atom. The van der Waals surface area contributed by atoms with Gasteiger partial charge in [-0.15, -0.1) is 0 Å². The molecule has 0 bridgehead atoms. The number of benzene rings is 7. The molecular formula is C50H30N6O. The van der Waals surface area contributed by atoms with Gasteiger partial charge in [0.25, 0.3) is 0 Å². The first-order valence-electron chi connectivity index (χ1n) is 19.0. The van der Waals surface area contributed by atoms with E-state index in [-0.39, 0.29) is 0 Å². The van der Waals surface area contributed by atoms with Gasteiger partial charge in [-0.3, -0.25) is 4.98 Å². The largest absolute Gasteiger partial charge is 0.456 e. The third kappa shape index (κ3) is 4.86. The lowest BCUT2D eigenvalue weighted by Gasteiger charge is -2.12. The number of para-hydroxylation sites is 3. The van der Waals surface area contributed by atoms with Crippen molar-refractivity contribution in [3.63, 3.8) is 0 Å². The summed E-state index contributed by atoms with van der Waals surface area (Å²) in [6, 6.07) is 58.7. The highest BCUT2D eigenvalue weighted by molar-refractivity contribution is 6.19. The van der Waals surface area contributed by atoms with Gasteiger partial charge in [-0.2, -0.15) is 0 Å². The first-order valence-corrected chi connectivity index (χ1v) is 19.0. The Hall–Kier alpha value is -7.90. The molecule has 0 aliphatic rings. The third-order valence-electron chi connectivity index (χ3n) is 11.0. The summed E-state index contributed by atoms with van der Waals surface area (Å²) in [6.45, 7) is 0. The normalized spacial score (nSPS) is 11.9. The standard InChI is InChI=1S/C50H30N6O/c1-3-13-31(14-4-1)48-52-49(54-50(53-48)37-21-12-24-46-47(37)36-20-8-10-23-45(36)57-46)32-15-11-18-34(27-32)56-41-22-9-7-19-35(41)38-28-44-39(29-43(38)56)40-30-51-26-25-42(40)55(44)33-16-5-2-6-17-33/h1-30H. The minimum atomic E-state index is 0.587. The van der Waals surface area contributed by atoms with E-state index in [1.54, 1.807) is 0 Å². The van der Waals surface area contributed by atoms with Crippen molar-refractivity contribution in [2.75, 3.05) is 0 Å². The Morgan fingerprint density at radius 2 is 0.982 bits per heavy atom. The van der Waals surface area contributed by atoms with Gasteiger partial charge < -0.3 is 13.6 Å². The van der Waals surface area contributed by atoms with Crippen molar-refractivity contribution in [1.29, 1.82) is 0 Å². The van der Waals surface area contributed by atoms with Crippen LogP contribution in [0.2, 0.25) is 0 Å². The molecule has 5 aromatic heterocycles. The molecule has 0 fully saturated rings. The van der Waals surface area contributed by atoms with E-state index in [1.807, 2.05) is 73.1 Å². The van der Waals surface area contributed by atoms with Crippen LogP contribution in [-0.4, -0.2) is 29.1 Å². The summed E-state index contributed by atoms with van der Waals surface area (Å²) in [5.41, 5.74) is 10.9. The van der Waals surface area contributed by atoms with E-state index >= 15 is 0 Å². The van der Waals surface area contributed by atoms with E-state index in [2.05, 4.69) is 123 Å². The molecule has 57 heavy (non-hydrogen) atoms. The summed E-state index contributed by atoms with van der Waals surface area (Å²) in [5, 5.41) is 6.61. The third-order valence-corrected chi connectivity index (χ3v) is 11.0. The summed E-state index contributed by atoms with van der Waals surface area (Å²) in [6.07, 6.45) is 3.85. The van der Waals surface area contributed by atoms with Gasteiger partial charge in [0.1, 0.15) is 11.2 Å². The van der Waals surface area contributed by atoms with E-state index in [9.17, 15) is 0 Å². The lowest BCUT2D eigenvalue weighted by Crippen LogP contribution is -2.01. The lowest BCUT2D eigenvalue weighted by molar-refractivity contribution is 0.669. The van der Waals surface area contributed by atoms with E-state index in [4.69, 9.17) is 19.4 Å². The zero-order valence-corrected chi connectivity index (χ0v) is 30.4. The highest BCUT2D eigenvalue weighted by Gasteiger charge is 2.21. The summed E-state index contributed by atoms with van der Waals surface area (Å²) in [7, 11) is 0. The van der Waals surface area contributed by atoms with Crippen LogP contribution in [0.1, 0.15) is 0 Å². The second-order valence-electron chi connectivity index (χ2n) is 14.3. The van der Waals surface area contributed by atoms with Crippen LogP contribution < -0.4 is 0 Å². The molecule has 7 aromatic carbocycles. The number of nitrogens with zero attached hydrogens (tertiary/aromatic N) is 6. The number of hydrogen-bond acceptors (Lipinski definition) is 5. The van der Waals surface area contributed by atoms with Crippen LogP contribution >= 0.6 is 0 Å². The number of fused-ring (bicyclic) bond motifs is 9. The van der Waals surface area contributed by atoms with Gasteiger partial charge in [0, 0.05) is 72.8 Å². The van der Waals surface area contributed by atoms with Crippen molar-refractivity contribution in [2.24, 2.45) is 0 Å². The number of hydrogen-bond donors (Lipinski definition) is 0.